The standard InChI is InChI=1S/C16H14NOSi/c1-7-5-4-6-10-11(7)12-8(2)9(3)14(17)16(19)13(12)15(10)18/h4-6H,17H2,1-3H3. The van der Waals surface area contributed by atoms with Gasteiger partial charge in [-0.05, 0) is 53.8 Å². The third kappa shape index (κ3) is 1.39. The second-order valence-corrected chi connectivity index (χ2v) is 5.62. The molecule has 3 heteroatoms. The smallest absolute Gasteiger partial charge is 0.194 e. The van der Waals surface area contributed by atoms with E-state index >= 15 is 0 Å². The second-order valence-electron chi connectivity index (χ2n) is 5.12. The first kappa shape index (κ1) is 12.2. The lowest BCUT2D eigenvalue weighted by atomic mass is 9.93. The molecule has 0 fully saturated rings. The first-order valence-electron chi connectivity index (χ1n) is 6.24. The molecule has 3 radical (unpaired) electrons. The molecule has 0 amide bonds. The largest absolute Gasteiger partial charge is 0.399 e. The van der Waals surface area contributed by atoms with E-state index in [4.69, 9.17) is 5.73 Å². The minimum Gasteiger partial charge on any atom is -0.399 e. The van der Waals surface area contributed by atoms with Gasteiger partial charge < -0.3 is 5.73 Å². The van der Waals surface area contributed by atoms with E-state index in [9.17, 15) is 4.79 Å². The Morgan fingerprint density at radius 2 is 1.68 bits per heavy atom. The monoisotopic (exact) mass is 264 g/mol. The molecule has 0 atom stereocenters. The first-order valence-corrected chi connectivity index (χ1v) is 6.74. The number of ketones is 1. The number of hydrogen-bond donors (Lipinski definition) is 1. The van der Waals surface area contributed by atoms with E-state index in [2.05, 4.69) is 10.2 Å². The lowest BCUT2D eigenvalue weighted by Crippen LogP contribution is -2.21. The summed E-state index contributed by atoms with van der Waals surface area (Å²) in [7, 11) is 3.55. The Kier molecular flexibility index (Phi) is 2.44. The van der Waals surface area contributed by atoms with Gasteiger partial charge in [0.1, 0.15) is 0 Å². The molecular formula is C16H14NOSi. The van der Waals surface area contributed by atoms with Crippen LogP contribution in [0.5, 0.6) is 0 Å². The lowest BCUT2D eigenvalue weighted by Gasteiger charge is -2.15. The number of carbonyl (C=O) groups excluding carboxylic acids is 1. The van der Waals surface area contributed by atoms with Crippen LogP contribution in [0.2, 0.25) is 0 Å². The van der Waals surface area contributed by atoms with Gasteiger partial charge in [0.25, 0.3) is 0 Å². The lowest BCUT2D eigenvalue weighted by molar-refractivity contribution is 0.104. The van der Waals surface area contributed by atoms with E-state index in [0.29, 0.717) is 11.3 Å². The minimum absolute atomic E-state index is 0.0634. The number of anilines is 1. The fourth-order valence-corrected chi connectivity index (χ4v) is 3.31. The molecule has 93 valence electrons. The molecule has 2 aromatic carbocycles. The average molecular weight is 264 g/mol. The maximum Gasteiger partial charge on any atom is 0.194 e. The summed E-state index contributed by atoms with van der Waals surface area (Å²) in [5.41, 5.74) is 13.6. The SMILES string of the molecule is Cc1cccc2c1-c1c(C)c(C)c(N)c([Si])c1C2=O. The fraction of sp³-hybridized carbons (Fsp3) is 0.188. The Hall–Kier alpha value is -1.87. The van der Waals surface area contributed by atoms with Gasteiger partial charge in [-0.1, -0.05) is 18.2 Å². The molecule has 0 unspecified atom stereocenters. The molecule has 1 aliphatic rings. The van der Waals surface area contributed by atoms with Crippen LogP contribution in [0.4, 0.5) is 5.69 Å². The van der Waals surface area contributed by atoms with Crippen molar-refractivity contribution in [2.45, 2.75) is 20.8 Å². The van der Waals surface area contributed by atoms with E-state index < -0.39 is 0 Å². The number of carbonyl (C=O) groups is 1. The van der Waals surface area contributed by atoms with Crippen LogP contribution in [0.25, 0.3) is 11.1 Å². The highest BCUT2D eigenvalue weighted by atomic mass is 28.1. The highest BCUT2D eigenvalue weighted by molar-refractivity contribution is 6.44. The summed E-state index contributed by atoms with van der Waals surface area (Å²) in [5.74, 6) is 0.0634. The number of nitrogen functional groups attached to an aromatic ring is 1. The van der Waals surface area contributed by atoms with Crippen LogP contribution < -0.4 is 10.9 Å². The number of fused-ring (bicyclic) bond motifs is 3. The summed E-state index contributed by atoms with van der Waals surface area (Å²) < 4.78 is 0. The van der Waals surface area contributed by atoms with E-state index in [1.807, 2.05) is 39.0 Å². The van der Waals surface area contributed by atoms with Crippen LogP contribution in [-0.4, -0.2) is 16.0 Å². The molecule has 2 nitrogen and oxygen atoms in total. The summed E-state index contributed by atoms with van der Waals surface area (Å²) in [6.07, 6.45) is 0. The molecule has 0 heterocycles. The Balaban J connectivity index is 2.54. The fourth-order valence-electron chi connectivity index (χ4n) is 2.89. The van der Waals surface area contributed by atoms with Crippen LogP contribution in [0.1, 0.15) is 32.6 Å². The summed E-state index contributed by atoms with van der Waals surface area (Å²) in [6.45, 7) is 6.07. The van der Waals surface area contributed by atoms with Gasteiger partial charge in [-0.2, -0.15) is 0 Å². The molecule has 2 N–H and O–H groups in total. The molecule has 0 aliphatic heterocycles. The van der Waals surface area contributed by atoms with Crippen molar-refractivity contribution in [3.05, 3.63) is 46.0 Å². The highest BCUT2D eigenvalue weighted by Crippen LogP contribution is 2.41. The minimum atomic E-state index is 0.0634. The van der Waals surface area contributed by atoms with Crippen molar-refractivity contribution in [2.75, 3.05) is 5.73 Å². The van der Waals surface area contributed by atoms with Crippen molar-refractivity contribution >= 4 is 26.9 Å². The predicted octanol–water partition coefficient (Wildman–Crippen LogP) is 2.20. The molecule has 19 heavy (non-hydrogen) atoms. The van der Waals surface area contributed by atoms with Crippen LogP contribution in [0, 0.1) is 20.8 Å². The normalized spacial score (nSPS) is 12.5. The van der Waals surface area contributed by atoms with E-state index in [0.717, 1.165) is 38.6 Å². The third-order valence-corrected chi connectivity index (χ3v) is 4.62. The maximum atomic E-state index is 12.6. The summed E-state index contributed by atoms with van der Waals surface area (Å²) >= 11 is 0. The number of aryl methyl sites for hydroxylation is 1. The Morgan fingerprint density at radius 1 is 1.00 bits per heavy atom. The zero-order valence-electron chi connectivity index (χ0n) is 11.2. The Bertz CT molecular complexity index is 747. The molecule has 3 rings (SSSR count). The molecule has 0 spiro atoms. The number of rotatable bonds is 0. The second kappa shape index (κ2) is 3.81. The van der Waals surface area contributed by atoms with Crippen LogP contribution in [-0.2, 0) is 0 Å². The van der Waals surface area contributed by atoms with Crippen molar-refractivity contribution in [3.63, 3.8) is 0 Å². The molecule has 0 saturated heterocycles. The molecular weight excluding hydrogens is 250 g/mol. The van der Waals surface area contributed by atoms with Gasteiger partial charge in [-0.25, -0.2) is 0 Å². The molecule has 0 aromatic heterocycles. The average Bonchev–Trinajstić information content (AvgIpc) is 2.69. The topological polar surface area (TPSA) is 43.1 Å². The van der Waals surface area contributed by atoms with Gasteiger partial charge in [-0.15, -0.1) is 0 Å². The number of benzene rings is 2. The first-order chi connectivity index (χ1) is 8.95. The van der Waals surface area contributed by atoms with Gasteiger partial charge in [0.2, 0.25) is 0 Å². The van der Waals surface area contributed by atoms with Crippen LogP contribution in [0.3, 0.4) is 0 Å². The quantitative estimate of drug-likeness (QED) is 0.499. The van der Waals surface area contributed by atoms with Gasteiger partial charge >= 0.3 is 0 Å². The van der Waals surface area contributed by atoms with Crippen molar-refractivity contribution < 1.29 is 4.79 Å². The number of hydrogen-bond acceptors (Lipinski definition) is 2. The van der Waals surface area contributed by atoms with Gasteiger partial charge in [0.15, 0.2) is 5.78 Å². The third-order valence-electron chi connectivity index (χ3n) is 4.11. The van der Waals surface area contributed by atoms with Crippen LogP contribution >= 0.6 is 0 Å². The van der Waals surface area contributed by atoms with Gasteiger partial charge in [0.05, 0.1) is 10.2 Å². The summed E-state index contributed by atoms with van der Waals surface area (Å²) in [6, 6.07) is 5.86. The predicted molar refractivity (Wildman–Crippen MR) is 79.3 cm³/mol. The molecule has 1 aliphatic carbocycles. The van der Waals surface area contributed by atoms with Crippen molar-refractivity contribution in [1.82, 2.24) is 0 Å². The van der Waals surface area contributed by atoms with Crippen molar-refractivity contribution in [2.24, 2.45) is 0 Å². The molecule has 0 saturated carbocycles. The van der Waals surface area contributed by atoms with Crippen molar-refractivity contribution in [3.8, 4) is 11.1 Å². The van der Waals surface area contributed by atoms with E-state index in [-0.39, 0.29) is 5.78 Å². The van der Waals surface area contributed by atoms with E-state index in [1.54, 1.807) is 0 Å². The van der Waals surface area contributed by atoms with Crippen molar-refractivity contribution in [1.29, 1.82) is 0 Å². The molecule has 0 bridgehead atoms. The summed E-state index contributed by atoms with van der Waals surface area (Å²) in [5, 5.41) is 0.721. The Labute approximate surface area is 116 Å². The van der Waals surface area contributed by atoms with Gasteiger partial charge in [0, 0.05) is 16.8 Å². The summed E-state index contributed by atoms with van der Waals surface area (Å²) in [4.78, 5) is 12.6. The van der Waals surface area contributed by atoms with E-state index in [1.165, 1.54) is 0 Å². The molecule has 2 aromatic rings. The zero-order chi connectivity index (χ0) is 13.9. The maximum absolute atomic E-state index is 12.6. The number of nitrogens with two attached hydrogens (primary N) is 1. The Morgan fingerprint density at radius 3 is 2.37 bits per heavy atom. The van der Waals surface area contributed by atoms with Crippen LogP contribution in [0.15, 0.2) is 18.2 Å². The zero-order valence-corrected chi connectivity index (χ0v) is 12.2. The van der Waals surface area contributed by atoms with Gasteiger partial charge in [-0.3, -0.25) is 4.79 Å². The highest BCUT2D eigenvalue weighted by Gasteiger charge is 2.32.